The summed E-state index contributed by atoms with van der Waals surface area (Å²) in [5, 5.41) is 2.43. The van der Waals surface area contributed by atoms with Gasteiger partial charge in [-0.15, -0.1) is 0 Å². The Morgan fingerprint density at radius 1 is 1.53 bits per heavy atom. The van der Waals surface area contributed by atoms with E-state index < -0.39 is 0 Å². The molecule has 0 spiro atoms. The molecule has 0 saturated carbocycles. The van der Waals surface area contributed by atoms with Gasteiger partial charge in [0, 0.05) is 12.0 Å². The number of benzene rings is 1. The Morgan fingerprint density at radius 2 is 2.40 bits per heavy atom. The zero-order valence-electron chi connectivity index (χ0n) is 9.33. The minimum absolute atomic E-state index is 0.608. The molecule has 1 unspecified atom stereocenters. The van der Waals surface area contributed by atoms with Crippen molar-refractivity contribution >= 4 is 0 Å². The van der Waals surface area contributed by atoms with Gasteiger partial charge in [-0.2, -0.15) is 0 Å². The molecule has 0 amide bonds. The molecule has 1 aromatic rings. The second-order valence-corrected chi connectivity index (χ2v) is 4.09. The van der Waals surface area contributed by atoms with Crippen molar-refractivity contribution in [2.24, 2.45) is 0 Å². The van der Waals surface area contributed by atoms with E-state index in [4.69, 9.17) is 4.74 Å². The van der Waals surface area contributed by atoms with Crippen molar-refractivity contribution in [3.05, 3.63) is 29.3 Å². The quantitative estimate of drug-likeness (QED) is 0.690. The van der Waals surface area contributed by atoms with Gasteiger partial charge < -0.3 is 15.8 Å². The molecule has 1 atom stereocenters. The second-order valence-electron chi connectivity index (χ2n) is 4.09. The number of quaternary nitrogens is 2. The Balaban J connectivity index is 2.28. The Hall–Kier alpha value is -1.06. The number of nitrogens with two attached hydrogens (primary N) is 1. The van der Waals surface area contributed by atoms with Crippen molar-refractivity contribution in [1.29, 1.82) is 0 Å². The zero-order chi connectivity index (χ0) is 10.7. The summed E-state index contributed by atoms with van der Waals surface area (Å²) in [4.78, 5) is 0. The summed E-state index contributed by atoms with van der Waals surface area (Å²) in [6.07, 6.45) is 2.32. The van der Waals surface area contributed by atoms with Crippen LogP contribution >= 0.6 is 0 Å². The van der Waals surface area contributed by atoms with Crippen LogP contribution in [-0.2, 0) is 6.42 Å². The van der Waals surface area contributed by atoms with Crippen LogP contribution in [-0.4, -0.2) is 20.2 Å². The highest BCUT2D eigenvalue weighted by molar-refractivity contribution is 5.37. The molecular weight excluding hydrogens is 188 g/mol. The molecule has 0 bridgehead atoms. The van der Waals surface area contributed by atoms with Crippen LogP contribution in [0, 0.1) is 0 Å². The van der Waals surface area contributed by atoms with Gasteiger partial charge in [-0.25, -0.2) is 0 Å². The Morgan fingerprint density at radius 3 is 3.13 bits per heavy atom. The predicted octanol–water partition coefficient (Wildman–Crippen LogP) is -0.512. The maximum Gasteiger partial charge on any atom is 0.119 e. The van der Waals surface area contributed by atoms with Gasteiger partial charge >= 0.3 is 0 Å². The third-order valence-electron chi connectivity index (χ3n) is 3.13. The minimum Gasteiger partial charge on any atom is -0.497 e. The lowest BCUT2D eigenvalue weighted by molar-refractivity contribution is -0.701. The standard InChI is InChI=1S/C12H18N2O/c1-15-10-2-3-11-9(8-10)5-7-14-12(11)4-6-13/h2-3,8,12,14H,4-7,13H2,1H3/p+2. The van der Waals surface area contributed by atoms with Gasteiger partial charge in [-0.05, 0) is 23.8 Å². The van der Waals surface area contributed by atoms with Gasteiger partial charge in [0.25, 0.3) is 0 Å². The SMILES string of the molecule is COc1ccc2c(c1)CC[NH2+]C2CC[NH3+]. The van der Waals surface area contributed by atoms with Gasteiger partial charge in [0.05, 0.1) is 26.6 Å². The first-order valence-electron chi connectivity index (χ1n) is 5.64. The first kappa shape index (κ1) is 10.5. The lowest BCUT2D eigenvalue weighted by atomic mass is 9.92. The summed E-state index contributed by atoms with van der Waals surface area (Å²) in [5.41, 5.74) is 6.87. The van der Waals surface area contributed by atoms with Crippen molar-refractivity contribution in [2.45, 2.75) is 18.9 Å². The Bertz CT molecular complexity index is 338. The van der Waals surface area contributed by atoms with Crippen LogP contribution in [0.15, 0.2) is 18.2 Å². The van der Waals surface area contributed by atoms with E-state index in [0.717, 1.165) is 18.7 Å². The molecule has 0 saturated heterocycles. The summed E-state index contributed by atoms with van der Waals surface area (Å²) in [6.45, 7) is 2.19. The largest absolute Gasteiger partial charge is 0.497 e. The number of ether oxygens (including phenoxy) is 1. The molecule has 1 aliphatic heterocycles. The van der Waals surface area contributed by atoms with E-state index in [1.807, 2.05) is 0 Å². The second kappa shape index (κ2) is 4.64. The lowest BCUT2D eigenvalue weighted by Gasteiger charge is -2.23. The Kier molecular flexibility index (Phi) is 3.23. The third kappa shape index (κ3) is 2.13. The molecule has 1 aliphatic rings. The molecular formula is C12H20N2O+2. The van der Waals surface area contributed by atoms with Crippen molar-refractivity contribution < 1.29 is 15.8 Å². The van der Waals surface area contributed by atoms with Crippen LogP contribution in [0.3, 0.4) is 0 Å². The fourth-order valence-electron chi connectivity index (χ4n) is 2.35. The average Bonchev–Trinajstić information content (AvgIpc) is 2.29. The van der Waals surface area contributed by atoms with Gasteiger partial charge in [0.1, 0.15) is 11.8 Å². The van der Waals surface area contributed by atoms with Crippen LogP contribution < -0.4 is 15.8 Å². The van der Waals surface area contributed by atoms with E-state index in [-0.39, 0.29) is 0 Å². The van der Waals surface area contributed by atoms with Crippen LogP contribution in [0.1, 0.15) is 23.6 Å². The zero-order valence-corrected chi connectivity index (χ0v) is 9.33. The smallest absolute Gasteiger partial charge is 0.119 e. The monoisotopic (exact) mass is 208 g/mol. The van der Waals surface area contributed by atoms with Crippen LogP contribution in [0.25, 0.3) is 0 Å². The van der Waals surface area contributed by atoms with E-state index in [2.05, 4.69) is 29.2 Å². The summed E-state index contributed by atoms with van der Waals surface area (Å²) in [5.74, 6) is 0.976. The first-order chi connectivity index (χ1) is 7.35. The molecule has 3 heteroatoms. The number of hydrogen-bond donors (Lipinski definition) is 2. The molecule has 15 heavy (non-hydrogen) atoms. The molecule has 2 rings (SSSR count). The molecule has 0 radical (unpaired) electrons. The molecule has 3 nitrogen and oxygen atoms in total. The van der Waals surface area contributed by atoms with Gasteiger partial charge in [0.2, 0.25) is 0 Å². The molecule has 0 aromatic heterocycles. The van der Waals surface area contributed by atoms with E-state index >= 15 is 0 Å². The summed E-state index contributed by atoms with van der Waals surface area (Å²) >= 11 is 0. The Labute approximate surface area is 90.6 Å². The summed E-state index contributed by atoms with van der Waals surface area (Å²) in [7, 11) is 1.73. The minimum atomic E-state index is 0.608. The van der Waals surface area contributed by atoms with Crippen molar-refractivity contribution in [1.82, 2.24) is 0 Å². The topological polar surface area (TPSA) is 53.5 Å². The normalized spacial score (nSPS) is 19.7. The van der Waals surface area contributed by atoms with E-state index in [0.29, 0.717) is 6.04 Å². The van der Waals surface area contributed by atoms with Gasteiger partial charge in [-0.3, -0.25) is 0 Å². The van der Waals surface area contributed by atoms with Gasteiger partial charge in [-0.1, -0.05) is 0 Å². The molecule has 0 fully saturated rings. The molecule has 0 aliphatic carbocycles. The summed E-state index contributed by atoms with van der Waals surface area (Å²) in [6, 6.07) is 7.06. The number of methoxy groups -OCH3 is 1. The lowest BCUT2D eigenvalue weighted by Crippen LogP contribution is -2.87. The first-order valence-corrected chi connectivity index (χ1v) is 5.64. The number of fused-ring (bicyclic) bond motifs is 1. The number of hydrogen-bond acceptors (Lipinski definition) is 1. The van der Waals surface area contributed by atoms with Crippen LogP contribution in [0.2, 0.25) is 0 Å². The fourth-order valence-corrected chi connectivity index (χ4v) is 2.35. The van der Waals surface area contributed by atoms with E-state index in [1.165, 1.54) is 24.1 Å². The van der Waals surface area contributed by atoms with Gasteiger partial charge in [0.15, 0.2) is 0 Å². The molecule has 82 valence electrons. The highest BCUT2D eigenvalue weighted by atomic mass is 16.5. The predicted molar refractivity (Wildman–Crippen MR) is 58.6 cm³/mol. The molecule has 1 heterocycles. The fraction of sp³-hybridized carbons (Fsp3) is 0.500. The maximum atomic E-state index is 5.25. The highest BCUT2D eigenvalue weighted by Crippen LogP contribution is 2.24. The summed E-state index contributed by atoms with van der Waals surface area (Å²) < 4.78 is 5.25. The van der Waals surface area contributed by atoms with E-state index in [1.54, 1.807) is 7.11 Å². The third-order valence-corrected chi connectivity index (χ3v) is 3.13. The molecule has 1 aromatic carbocycles. The van der Waals surface area contributed by atoms with Crippen LogP contribution in [0.4, 0.5) is 0 Å². The molecule has 5 N–H and O–H groups in total. The number of rotatable bonds is 3. The maximum absolute atomic E-state index is 5.25. The van der Waals surface area contributed by atoms with Crippen molar-refractivity contribution in [3.63, 3.8) is 0 Å². The average molecular weight is 208 g/mol. The highest BCUT2D eigenvalue weighted by Gasteiger charge is 2.23. The van der Waals surface area contributed by atoms with Crippen molar-refractivity contribution in [3.8, 4) is 5.75 Å². The van der Waals surface area contributed by atoms with Crippen molar-refractivity contribution in [2.75, 3.05) is 20.2 Å². The van der Waals surface area contributed by atoms with E-state index in [9.17, 15) is 0 Å². The van der Waals surface area contributed by atoms with Crippen LogP contribution in [0.5, 0.6) is 5.75 Å².